The molecule has 0 amide bonds. The summed E-state index contributed by atoms with van der Waals surface area (Å²) in [7, 11) is -1.19. The molecule has 0 spiro atoms. The Bertz CT molecular complexity index is 14.4. The van der Waals surface area contributed by atoms with Gasteiger partial charge < -0.3 is 0 Å². The second-order valence-electron chi connectivity index (χ2n) is 0.519. The zero-order valence-corrected chi connectivity index (χ0v) is 5.41. The van der Waals surface area contributed by atoms with Crippen LogP contribution in [0.3, 0.4) is 0 Å². The minimum Gasteiger partial charge on any atom is -0.269 e. The van der Waals surface area contributed by atoms with Crippen LogP contribution in [0.1, 0.15) is 0 Å². The molecule has 0 aliphatic heterocycles. The Morgan fingerprint density at radius 1 is 1.40 bits per heavy atom. The van der Waals surface area contributed by atoms with E-state index >= 15 is 0 Å². The normalized spacial score (nSPS) is 7.20. The molecular formula is CH5Cl2FSi. The molecule has 0 aromatic heterocycles. The van der Waals surface area contributed by atoms with E-state index in [4.69, 9.17) is 22.2 Å². The van der Waals surface area contributed by atoms with Crippen LogP contribution in [0.5, 0.6) is 0 Å². The molecule has 0 fully saturated rings. The highest BCUT2D eigenvalue weighted by atomic mass is 35.7. The SMILES string of the molecule is C[SiH](Cl)Cl.F. The van der Waals surface area contributed by atoms with E-state index in [-0.39, 0.29) is 4.70 Å². The predicted molar refractivity (Wildman–Crippen MR) is 27.2 cm³/mol. The first-order valence-corrected chi connectivity index (χ1v) is 5.66. The van der Waals surface area contributed by atoms with Gasteiger partial charge in [0, 0.05) is 0 Å². The van der Waals surface area contributed by atoms with Crippen LogP contribution >= 0.6 is 22.2 Å². The number of rotatable bonds is 0. The van der Waals surface area contributed by atoms with Gasteiger partial charge >= 0.3 is 0 Å². The summed E-state index contributed by atoms with van der Waals surface area (Å²) in [4.78, 5) is 0. The minimum atomic E-state index is -1.19. The molecule has 0 aromatic carbocycles. The maximum atomic E-state index is 5.18. The van der Waals surface area contributed by atoms with Crippen LogP contribution in [-0.4, -0.2) is 7.42 Å². The van der Waals surface area contributed by atoms with Gasteiger partial charge in [0.1, 0.15) is 0 Å². The standard InChI is InChI=1S/CH4Cl2Si.FH/c1-4(2)3;/h4H,1H3;1H. The fourth-order valence-electron chi connectivity index (χ4n) is 0. The Kier molecular flexibility index (Phi) is 8.71. The highest BCUT2D eigenvalue weighted by molar-refractivity contribution is 7.33. The molecule has 0 N–H and O–H groups in total. The molecule has 0 aliphatic carbocycles. The molecule has 4 heteroatoms. The molecule has 0 saturated heterocycles. The second kappa shape index (κ2) is 4.73. The first-order chi connectivity index (χ1) is 1.73. The summed E-state index contributed by atoms with van der Waals surface area (Å²) < 4.78 is 0. The Balaban J connectivity index is 0. The zero-order valence-electron chi connectivity index (χ0n) is 2.74. The van der Waals surface area contributed by atoms with E-state index in [0.717, 1.165) is 0 Å². The summed E-state index contributed by atoms with van der Waals surface area (Å²) in [6.07, 6.45) is 0. The lowest BCUT2D eigenvalue weighted by atomic mass is 11.9. The largest absolute Gasteiger partial charge is 0.269 e. The van der Waals surface area contributed by atoms with E-state index in [1.807, 2.05) is 6.55 Å². The molecule has 0 radical (unpaired) electrons. The van der Waals surface area contributed by atoms with Crippen LogP contribution in [-0.2, 0) is 0 Å². The number of hydrogen-bond donors (Lipinski definition) is 0. The third-order valence-corrected chi connectivity index (χ3v) is 0. The van der Waals surface area contributed by atoms with Gasteiger partial charge in [-0.1, -0.05) is 0 Å². The first kappa shape index (κ1) is 9.21. The van der Waals surface area contributed by atoms with Crippen LogP contribution in [0.2, 0.25) is 6.55 Å². The highest BCUT2D eigenvalue weighted by Gasteiger charge is 1.80. The topological polar surface area (TPSA) is 0 Å². The maximum absolute atomic E-state index is 5.18. The second-order valence-corrected chi connectivity index (χ2v) is 6.15. The van der Waals surface area contributed by atoms with Gasteiger partial charge in [0.15, 0.2) is 0 Å². The van der Waals surface area contributed by atoms with Crippen LogP contribution in [0, 0.1) is 0 Å². The average Bonchev–Trinajstić information content (AvgIpc) is 0.811. The third-order valence-electron chi connectivity index (χ3n) is 0. The quantitative estimate of drug-likeness (QED) is 0.348. The van der Waals surface area contributed by atoms with Crippen molar-refractivity contribution >= 4 is 29.6 Å². The van der Waals surface area contributed by atoms with Gasteiger partial charge in [0.2, 0.25) is 7.42 Å². The molecule has 0 nitrogen and oxygen atoms in total. The van der Waals surface area contributed by atoms with Gasteiger partial charge in [-0.2, -0.15) is 22.2 Å². The van der Waals surface area contributed by atoms with Crippen molar-refractivity contribution in [3.05, 3.63) is 0 Å². The lowest BCUT2D eigenvalue weighted by Gasteiger charge is -1.68. The molecule has 34 valence electrons. The monoisotopic (exact) mass is 134 g/mol. The van der Waals surface area contributed by atoms with Gasteiger partial charge in [-0.05, 0) is 6.55 Å². The molecule has 0 rings (SSSR count). The van der Waals surface area contributed by atoms with Crippen molar-refractivity contribution in [1.82, 2.24) is 0 Å². The van der Waals surface area contributed by atoms with E-state index in [1.54, 1.807) is 0 Å². The summed E-state index contributed by atoms with van der Waals surface area (Å²) in [5.41, 5.74) is 0. The molecule has 5 heavy (non-hydrogen) atoms. The van der Waals surface area contributed by atoms with Crippen molar-refractivity contribution < 1.29 is 4.70 Å². The van der Waals surface area contributed by atoms with Gasteiger partial charge in [-0.25, -0.2) is 0 Å². The maximum Gasteiger partial charge on any atom is 0.234 e. The van der Waals surface area contributed by atoms with Crippen molar-refractivity contribution in [3.63, 3.8) is 0 Å². The van der Waals surface area contributed by atoms with E-state index in [9.17, 15) is 0 Å². The zero-order chi connectivity index (χ0) is 3.58. The summed E-state index contributed by atoms with van der Waals surface area (Å²) >= 11 is 10.4. The Morgan fingerprint density at radius 2 is 1.40 bits per heavy atom. The first-order valence-electron chi connectivity index (χ1n) is 1.01. The van der Waals surface area contributed by atoms with E-state index < -0.39 is 7.42 Å². The Morgan fingerprint density at radius 3 is 1.40 bits per heavy atom. The molecule has 0 aromatic rings. The lowest BCUT2D eigenvalue weighted by Crippen LogP contribution is -1.72. The highest BCUT2D eigenvalue weighted by Crippen LogP contribution is 1.89. The predicted octanol–water partition coefficient (Wildman–Crippen LogP) is 1.47. The third kappa shape index (κ3) is 66.5. The smallest absolute Gasteiger partial charge is 0.234 e. The number of hydrogen-bond acceptors (Lipinski definition) is 0. The fourth-order valence-corrected chi connectivity index (χ4v) is 0. The Labute approximate surface area is 41.5 Å². The van der Waals surface area contributed by atoms with Crippen LogP contribution in [0.25, 0.3) is 0 Å². The summed E-state index contributed by atoms with van der Waals surface area (Å²) in [5.74, 6) is 0. The van der Waals surface area contributed by atoms with Crippen LogP contribution in [0.15, 0.2) is 0 Å². The molecule has 0 atom stereocenters. The molecule has 0 saturated carbocycles. The summed E-state index contributed by atoms with van der Waals surface area (Å²) in [6, 6.07) is 0. The fraction of sp³-hybridized carbons (Fsp3) is 1.00. The molecule has 0 heterocycles. The van der Waals surface area contributed by atoms with Crippen molar-refractivity contribution in [1.29, 1.82) is 0 Å². The summed E-state index contributed by atoms with van der Waals surface area (Å²) in [5, 5.41) is 0. The average molecular weight is 135 g/mol. The molecule has 0 aliphatic rings. The Hall–Kier alpha value is 0.727. The van der Waals surface area contributed by atoms with Crippen molar-refractivity contribution in [2.45, 2.75) is 6.55 Å². The van der Waals surface area contributed by atoms with Crippen molar-refractivity contribution in [3.8, 4) is 0 Å². The van der Waals surface area contributed by atoms with Crippen LogP contribution in [0.4, 0.5) is 4.70 Å². The number of halogens is 3. The van der Waals surface area contributed by atoms with E-state index in [2.05, 4.69) is 0 Å². The van der Waals surface area contributed by atoms with Gasteiger partial charge in [0.25, 0.3) is 0 Å². The van der Waals surface area contributed by atoms with E-state index in [0.29, 0.717) is 0 Å². The van der Waals surface area contributed by atoms with Gasteiger partial charge in [-0.3, -0.25) is 4.70 Å². The van der Waals surface area contributed by atoms with Crippen LogP contribution < -0.4 is 0 Å². The minimum absolute atomic E-state index is 0. The van der Waals surface area contributed by atoms with Gasteiger partial charge in [-0.15, -0.1) is 0 Å². The molecule has 0 bridgehead atoms. The van der Waals surface area contributed by atoms with Crippen molar-refractivity contribution in [2.24, 2.45) is 0 Å². The molecular weight excluding hydrogens is 130 g/mol. The lowest BCUT2D eigenvalue weighted by molar-refractivity contribution is 1.11. The van der Waals surface area contributed by atoms with Gasteiger partial charge in [0.05, 0.1) is 0 Å². The molecule has 0 unspecified atom stereocenters. The van der Waals surface area contributed by atoms with Crippen molar-refractivity contribution in [2.75, 3.05) is 0 Å². The summed E-state index contributed by atoms with van der Waals surface area (Å²) in [6.45, 7) is 1.84. The van der Waals surface area contributed by atoms with E-state index in [1.165, 1.54) is 0 Å².